The van der Waals surface area contributed by atoms with Gasteiger partial charge in [0.05, 0.1) is 17.5 Å². The lowest BCUT2D eigenvalue weighted by Crippen LogP contribution is -2.37. The summed E-state index contributed by atoms with van der Waals surface area (Å²) in [4.78, 5) is 14.3. The zero-order chi connectivity index (χ0) is 15.7. The van der Waals surface area contributed by atoms with Crippen molar-refractivity contribution in [2.75, 3.05) is 12.3 Å². The van der Waals surface area contributed by atoms with E-state index in [-0.39, 0.29) is 23.0 Å². The predicted octanol–water partition coefficient (Wildman–Crippen LogP) is 1.44. The fourth-order valence-corrected chi connectivity index (χ4v) is 5.44. The van der Waals surface area contributed by atoms with E-state index in [9.17, 15) is 13.2 Å². The summed E-state index contributed by atoms with van der Waals surface area (Å²) >= 11 is 0. The Bertz CT molecular complexity index is 647. The van der Waals surface area contributed by atoms with Crippen molar-refractivity contribution in [3.63, 3.8) is 0 Å². The molecule has 0 radical (unpaired) electrons. The molecular weight excluding hydrogens is 302 g/mol. The summed E-state index contributed by atoms with van der Waals surface area (Å²) < 4.78 is 26.5. The molecule has 2 fully saturated rings. The molecule has 1 aromatic heterocycles. The second kappa shape index (κ2) is 6.02. The fourth-order valence-electron chi connectivity index (χ4n) is 3.64. The van der Waals surface area contributed by atoms with Crippen LogP contribution >= 0.6 is 0 Å². The van der Waals surface area contributed by atoms with Gasteiger partial charge in [0.25, 0.3) is 0 Å². The highest BCUT2D eigenvalue weighted by Gasteiger charge is 2.36. The molecule has 2 aliphatic rings. The van der Waals surface area contributed by atoms with E-state index in [1.54, 1.807) is 15.8 Å². The molecule has 1 saturated carbocycles. The first-order valence-electron chi connectivity index (χ1n) is 7.97. The van der Waals surface area contributed by atoms with Crippen LogP contribution in [0.2, 0.25) is 0 Å². The Hall–Kier alpha value is -1.37. The second-order valence-electron chi connectivity index (χ2n) is 6.41. The lowest BCUT2D eigenvalue weighted by molar-refractivity contribution is -0.129. The Morgan fingerprint density at radius 2 is 2.00 bits per heavy atom. The van der Waals surface area contributed by atoms with Crippen LogP contribution in [0.5, 0.6) is 0 Å². The summed E-state index contributed by atoms with van der Waals surface area (Å²) in [6, 6.07) is -0.0278. The van der Waals surface area contributed by atoms with E-state index >= 15 is 0 Å². The molecule has 0 bridgehead atoms. The quantitative estimate of drug-likeness (QED) is 0.840. The topological polar surface area (TPSA) is 72.3 Å². The van der Waals surface area contributed by atoms with Gasteiger partial charge in [-0.25, -0.2) is 8.42 Å². The molecule has 1 saturated heterocycles. The average Bonchev–Trinajstić information content (AvgIpc) is 3.19. The molecule has 1 aliphatic carbocycles. The molecular formula is C15H23N3O3S. The minimum absolute atomic E-state index is 0.0278. The van der Waals surface area contributed by atoms with Gasteiger partial charge < -0.3 is 4.90 Å². The summed E-state index contributed by atoms with van der Waals surface area (Å²) in [7, 11) is -1.47. The van der Waals surface area contributed by atoms with Crippen LogP contribution in [-0.4, -0.2) is 46.6 Å². The number of nitrogens with zero attached hydrogens (tertiary/aromatic N) is 3. The second-order valence-corrected chi connectivity index (χ2v) is 8.69. The molecule has 122 valence electrons. The third kappa shape index (κ3) is 3.04. The van der Waals surface area contributed by atoms with Crippen LogP contribution in [-0.2, 0) is 21.7 Å². The van der Waals surface area contributed by atoms with Gasteiger partial charge in [-0.2, -0.15) is 5.10 Å². The summed E-state index contributed by atoms with van der Waals surface area (Å²) in [5.41, 5.74) is 0.992. The number of carbonyl (C=O) groups excluding carboxylic acids is 1. The first-order chi connectivity index (χ1) is 10.5. The molecule has 3 rings (SSSR count). The maximum Gasteiger partial charge on any atom is 0.238 e. The minimum atomic E-state index is -3.31. The molecule has 1 aliphatic heterocycles. The van der Waals surface area contributed by atoms with Crippen LogP contribution in [0.3, 0.4) is 0 Å². The normalized spacial score (nSPS) is 23.3. The van der Waals surface area contributed by atoms with Crippen molar-refractivity contribution in [3.05, 3.63) is 18.0 Å². The SMILES string of the molecule is Cn1cc([C@@H]2CCCN2C(=O)CS(=O)(=O)C2CCCC2)cn1. The van der Waals surface area contributed by atoms with Crippen LogP contribution in [0.4, 0.5) is 0 Å². The van der Waals surface area contributed by atoms with Crippen molar-refractivity contribution >= 4 is 15.7 Å². The highest BCUT2D eigenvalue weighted by molar-refractivity contribution is 7.92. The van der Waals surface area contributed by atoms with E-state index < -0.39 is 9.84 Å². The van der Waals surface area contributed by atoms with Gasteiger partial charge in [0.2, 0.25) is 5.91 Å². The molecule has 1 aromatic rings. The van der Waals surface area contributed by atoms with Crippen molar-refractivity contribution in [1.29, 1.82) is 0 Å². The van der Waals surface area contributed by atoms with E-state index in [4.69, 9.17) is 0 Å². The van der Waals surface area contributed by atoms with Gasteiger partial charge >= 0.3 is 0 Å². The van der Waals surface area contributed by atoms with Crippen molar-refractivity contribution in [2.45, 2.75) is 49.8 Å². The van der Waals surface area contributed by atoms with E-state index in [0.29, 0.717) is 19.4 Å². The first kappa shape index (κ1) is 15.5. The molecule has 0 N–H and O–H groups in total. The van der Waals surface area contributed by atoms with E-state index in [1.807, 2.05) is 13.2 Å². The minimum Gasteiger partial charge on any atom is -0.335 e. The van der Waals surface area contributed by atoms with Crippen LogP contribution in [0.1, 0.15) is 50.1 Å². The largest absolute Gasteiger partial charge is 0.335 e. The van der Waals surface area contributed by atoms with Gasteiger partial charge in [0.1, 0.15) is 5.75 Å². The van der Waals surface area contributed by atoms with E-state index in [2.05, 4.69) is 5.10 Å². The van der Waals surface area contributed by atoms with Crippen LogP contribution in [0.15, 0.2) is 12.4 Å². The summed E-state index contributed by atoms with van der Waals surface area (Å²) in [6.07, 6.45) is 8.79. The van der Waals surface area contributed by atoms with Crippen molar-refractivity contribution in [1.82, 2.24) is 14.7 Å². The number of carbonyl (C=O) groups is 1. The van der Waals surface area contributed by atoms with Gasteiger partial charge in [-0.05, 0) is 25.7 Å². The lowest BCUT2D eigenvalue weighted by atomic mass is 10.1. The zero-order valence-electron chi connectivity index (χ0n) is 12.9. The Balaban J connectivity index is 1.71. The van der Waals surface area contributed by atoms with Gasteiger partial charge in [-0.3, -0.25) is 9.48 Å². The highest BCUT2D eigenvalue weighted by atomic mass is 32.2. The number of hydrogen-bond donors (Lipinski definition) is 0. The summed E-state index contributed by atoms with van der Waals surface area (Å²) in [5.74, 6) is -0.590. The number of aryl methyl sites for hydroxylation is 1. The maximum absolute atomic E-state index is 12.5. The first-order valence-corrected chi connectivity index (χ1v) is 9.68. The lowest BCUT2D eigenvalue weighted by Gasteiger charge is -2.24. The number of amides is 1. The van der Waals surface area contributed by atoms with E-state index in [1.165, 1.54) is 0 Å². The van der Waals surface area contributed by atoms with Crippen LogP contribution in [0, 0.1) is 0 Å². The highest BCUT2D eigenvalue weighted by Crippen LogP contribution is 2.32. The van der Waals surface area contributed by atoms with Crippen molar-refractivity contribution in [2.24, 2.45) is 7.05 Å². The molecule has 1 amide bonds. The Kier molecular flexibility index (Phi) is 4.25. The Morgan fingerprint density at radius 1 is 1.27 bits per heavy atom. The molecule has 1 atom stereocenters. The smallest absolute Gasteiger partial charge is 0.238 e. The third-order valence-corrected chi connectivity index (χ3v) is 6.95. The average molecular weight is 325 g/mol. The van der Waals surface area contributed by atoms with Gasteiger partial charge in [0.15, 0.2) is 9.84 Å². The number of likely N-dealkylation sites (tertiary alicyclic amines) is 1. The predicted molar refractivity (Wildman–Crippen MR) is 82.9 cm³/mol. The molecule has 0 unspecified atom stereocenters. The maximum atomic E-state index is 12.5. The monoisotopic (exact) mass is 325 g/mol. The molecule has 0 spiro atoms. The molecule has 2 heterocycles. The number of rotatable bonds is 4. The van der Waals surface area contributed by atoms with Gasteiger partial charge in [-0.1, -0.05) is 12.8 Å². The zero-order valence-corrected chi connectivity index (χ0v) is 13.8. The Labute approximate surface area is 131 Å². The molecule has 6 nitrogen and oxygen atoms in total. The van der Waals surface area contributed by atoms with Crippen LogP contribution < -0.4 is 0 Å². The van der Waals surface area contributed by atoms with Gasteiger partial charge in [0, 0.05) is 25.4 Å². The summed E-state index contributed by atoms with van der Waals surface area (Å²) in [6.45, 7) is 0.637. The summed E-state index contributed by atoms with van der Waals surface area (Å²) in [5, 5.41) is 3.84. The number of aromatic nitrogens is 2. The molecule has 0 aromatic carbocycles. The van der Waals surface area contributed by atoms with Gasteiger partial charge in [-0.15, -0.1) is 0 Å². The fraction of sp³-hybridized carbons (Fsp3) is 0.733. The number of hydrogen-bond acceptors (Lipinski definition) is 4. The van der Waals surface area contributed by atoms with Crippen LogP contribution in [0.25, 0.3) is 0 Å². The number of sulfone groups is 1. The van der Waals surface area contributed by atoms with Crippen molar-refractivity contribution in [3.8, 4) is 0 Å². The molecule has 22 heavy (non-hydrogen) atoms. The third-order valence-electron chi connectivity index (χ3n) is 4.82. The Morgan fingerprint density at radius 3 is 2.64 bits per heavy atom. The van der Waals surface area contributed by atoms with Crippen molar-refractivity contribution < 1.29 is 13.2 Å². The molecule has 7 heteroatoms. The van der Waals surface area contributed by atoms with E-state index in [0.717, 1.165) is 31.2 Å². The standard InChI is InChI=1S/C15H23N3O3S/c1-17-10-12(9-16-17)14-7-4-8-18(14)15(19)11-22(20,21)13-5-2-3-6-13/h9-10,13-14H,2-8,11H2,1H3/t14-/m0/s1.